The van der Waals surface area contributed by atoms with E-state index in [1.807, 2.05) is 13.8 Å². The van der Waals surface area contributed by atoms with Gasteiger partial charge in [-0.1, -0.05) is 43.1 Å². The van der Waals surface area contributed by atoms with Crippen molar-refractivity contribution in [2.75, 3.05) is 13.6 Å². The van der Waals surface area contributed by atoms with Gasteiger partial charge in [-0.3, -0.25) is 0 Å². The molecule has 0 fully saturated rings. The summed E-state index contributed by atoms with van der Waals surface area (Å²) < 4.78 is 26.1. The molecule has 0 radical (unpaired) electrons. The van der Waals surface area contributed by atoms with E-state index >= 15 is 0 Å². The Bertz CT molecular complexity index is 565. The lowest BCUT2D eigenvalue weighted by Gasteiger charge is -2.21. The molecule has 1 aromatic carbocycles. The highest BCUT2D eigenvalue weighted by atomic mass is 35.5. The Balaban J connectivity index is 0.00000400. The minimum absolute atomic E-state index is 0. The molecule has 4 nitrogen and oxygen atoms in total. The van der Waals surface area contributed by atoms with Gasteiger partial charge in [0.25, 0.3) is 0 Å². The number of hydrogen-bond acceptors (Lipinski definition) is 3. The maximum Gasteiger partial charge on any atom is 0.244 e. The van der Waals surface area contributed by atoms with Crippen LogP contribution in [0.25, 0.3) is 0 Å². The predicted molar refractivity (Wildman–Crippen MR) is 91.0 cm³/mol. The highest BCUT2D eigenvalue weighted by molar-refractivity contribution is 7.89. The number of nitrogens with zero attached hydrogens (tertiary/aromatic N) is 1. The van der Waals surface area contributed by atoms with Crippen molar-refractivity contribution in [1.29, 1.82) is 0 Å². The maximum absolute atomic E-state index is 12.4. The number of benzene rings is 1. The van der Waals surface area contributed by atoms with Gasteiger partial charge >= 0.3 is 0 Å². The number of hydrogen-bond donors (Lipinski definition) is 1. The second kappa shape index (κ2) is 8.56. The lowest BCUT2D eigenvalue weighted by Crippen LogP contribution is -2.34. The lowest BCUT2D eigenvalue weighted by atomic mass is 10.0. The van der Waals surface area contributed by atoms with Crippen LogP contribution in [0.3, 0.4) is 0 Å². The summed E-state index contributed by atoms with van der Waals surface area (Å²) in [6.45, 7) is 4.35. The summed E-state index contributed by atoms with van der Waals surface area (Å²) in [7, 11) is -2.14. The van der Waals surface area contributed by atoms with E-state index in [2.05, 4.69) is 0 Å². The molecule has 1 aromatic rings. The van der Waals surface area contributed by atoms with Crippen molar-refractivity contribution in [3.05, 3.63) is 28.2 Å². The van der Waals surface area contributed by atoms with Crippen molar-refractivity contribution >= 4 is 45.6 Å². The number of sulfonamides is 1. The molecular weight excluding hydrogens is 355 g/mol. The molecule has 0 aliphatic rings. The van der Waals surface area contributed by atoms with E-state index in [1.54, 1.807) is 12.1 Å². The standard InChI is InChI=1S/C13H20Cl2N2O2S.ClH/c1-9(2)11(16)7-8-17(3)20(18,19)12-6-4-5-10(14)13(12)15;/h4-6,9,11H,7-8,16H2,1-3H3;1H. The zero-order valence-electron chi connectivity index (χ0n) is 12.2. The summed E-state index contributed by atoms with van der Waals surface area (Å²) in [5.41, 5.74) is 5.93. The quantitative estimate of drug-likeness (QED) is 0.828. The minimum Gasteiger partial charge on any atom is -0.327 e. The van der Waals surface area contributed by atoms with Crippen molar-refractivity contribution in [1.82, 2.24) is 4.31 Å². The first kappa shape index (κ1) is 21.0. The third-order valence-corrected chi connectivity index (χ3v) is 6.07. The summed E-state index contributed by atoms with van der Waals surface area (Å²) in [6, 6.07) is 4.52. The third-order valence-electron chi connectivity index (χ3n) is 3.24. The topological polar surface area (TPSA) is 63.4 Å². The normalized spacial score (nSPS) is 13.3. The van der Waals surface area contributed by atoms with Crippen LogP contribution in [0.15, 0.2) is 23.1 Å². The number of nitrogens with two attached hydrogens (primary N) is 1. The summed E-state index contributed by atoms with van der Waals surface area (Å²) >= 11 is 11.8. The molecule has 1 rings (SSSR count). The van der Waals surface area contributed by atoms with Crippen LogP contribution in [0.2, 0.25) is 10.0 Å². The van der Waals surface area contributed by atoms with Gasteiger partial charge < -0.3 is 5.73 Å². The van der Waals surface area contributed by atoms with E-state index in [0.717, 1.165) is 0 Å². The van der Waals surface area contributed by atoms with Crippen molar-refractivity contribution in [3.63, 3.8) is 0 Å². The van der Waals surface area contributed by atoms with Crippen molar-refractivity contribution in [3.8, 4) is 0 Å². The van der Waals surface area contributed by atoms with Crippen molar-refractivity contribution in [2.24, 2.45) is 11.7 Å². The van der Waals surface area contributed by atoms with Crippen LogP contribution in [-0.4, -0.2) is 32.4 Å². The Kier molecular flexibility index (Phi) is 8.54. The third kappa shape index (κ3) is 5.27. The van der Waals surface area contributed by atoms with Crippen LogP contribution < -0.4 is 5.73 Å². The van der Waals surface area contributed by atoms with Crippen LogP contribution in [0.5, 0.6) is 0 Å². The number of halogens is 3. The molecule has 21 heavy (non-hydrogen) atoms. The monoisotopic (exact) mass is 374 g/mol. The van der Waals surface area contributed by atoms with Gasteiger partial charge in [-0.05, 0) is 24.5 Å². The van der Waals surface area contributed by atoms with Gasteiger partial charge in [0.15, 0.2) is 0 Å². The Morgan fingerprint density at radius 1 is 1.29 bits per heavy atom. The fourth-order valence-electron chi connectivity index (χ4n) is 1.64. The van der Waals surface area contributed by atoms with Crippen LogP contribution in [-0.2, 0) is 10.0 Å². The molecule has 0 aliphatic carbocycles. The zero-order chi connectivity index (χ0) is 15.5. The lowest BCUT2D eigenvalue weighted by molar-refractivity contribution is 0.397. The average molecular weight is 376 g/mol. The molecule has 2 N–H and O–H groups in total. The van der Waals surface area contributed by atoms with Gasteiger partial charge in [-0.2, -0.15) is 0 Å². The Morgan fingerprint density at radius 2 is 1.86 bits per heavy atom. The Hall–Kier alpha value is -0.0400. The maximum atomic E-state index is 12.4. The van der Waals surface area contributed by atoms with Crippen LogP contribution in [0.4, 0.5) is 0 Å². The molecule has 8 heteroatoms. The molecule has 0 spiro atoms. The van der Waals surface area contributed by atoms with Crippen LogP contribution >= 0.6 is 35.6 Å². The smallest absolute Gasteiger partial charge is 0.244 e. The molecule has 0 amide bonds. The highest BCUT2D eigenvalue weighted by Crippen LogP contribution is 2.30. The average Bonchev–Trinajstić information content (AvgIpc) is 2.38. The molecule has 0 aliphatic heterocycles. The van der Waals surface area contributed by atoms with E-state index in [-0.39, 0.29) is 33.4 Å². The van der Waals surface area contributed by atoms with E-state index in [4.69, 9.17) is 28.9 Å². The van der Waals surface area contributed by atoms with Gasteiger partial charge in [-0.15, -0.1) is 12.4 Å². The molecule has 0 saturated heterocycles. The van der Waals surface area contributed by atoms with Crippen molar-refractivity contribution in [2.45, 2.75) is 31.2 Å². The summed E-state index contributed by atoms with van der Waals surface area (Å²) in [5.74, 6) is 0.306. The van der Waals surface area contributed by atoms with Crippen molar-refractivity contribution < 1.29 is 8.42 Å². The fraction of sp³-hybridized carbons (Fsp3) is 0.538. The van der Waals surface area contributed by atoms with Gasteiger partial charge in [-0.25, -0.2) is 12.7 Å². The highest BCUT2D eigenvalue weighted by Gasteiger charge is 2.25. The van der Waals surface area contributed by atoms with Crippen LogP contribution in [0.1, 0.15) is 20.3 Å². The Labute approximate surface area is 143 Å². The SMILES string of the molecule is CC(C)C(N)CCN(C)S(=O)(=O)c1cccc(Cl)c1Cl.Cl. The summed E-state index contributed by atoms with van der Waals surface area (Å²) in [6.07, 6.45) is 0.589. The first-order valence-corrected chi connectivity index (χ1v) is 8.53. The molecule has 1 unspecified atom stereocenters. The predicted octanol–water partition coefficient (Wildman–Crippen LogP) is 3.41. The molecule has 0 bridgehead atoms. The molecule has 1 atom stereocenters. The second-order valence-electron chi connectivity index (χ2n) is 5.08. The van der Waals surface area contributed by atoms with Gasteiger partial charge in [0.2, 0.25) is 10.0 Å². The minimum atomic E-state index is -3.65. The van der Waals surface area contributed by atoms with Crippen LogP contribution in [0, 0.1) is 5.92 Å². The molecule has 122 valence electrons. The van der Waals surface area contributed by atoms with E-state index in [1.165, 1.54) is 17.4 Å². The van der Waals surface area contributed by atoms with E-state index in [9.17, 15) is 8.42 Å². The molecule has 0 heterocycles. The molecular formula is C13H21Cl3N2O2S. The summed E-state index contributed by atoms with van der Waals surface area (Å²) in [5, 5.41) is 0.272. The zero-order valence-corrected chi connectivity index (χ0v) is 15.4. The van der Waals surface area contributed by atoms with Gasteiger partial charge in [0.05, 0.1) is 10.0 Å². The first-order valence-electron chi connectivity index (χ1n) is 6.34. The summed E-state index contributed by atoms with van der Waals surface area (Å²) in [4.78, 5) is 0.0206. The Morgan fingerprint density at radius 3 is 2.38 bits per heavy atom. The second-order valence-corrected chi connectivity index (χ2v) is 7.87. The number of rotatable bonds is 6. The molecule has 0 saturated carbocycles. The van der Waals surface area contributed by atoms with E-state index in [0.29, 0.717) is 18.9 Å². The molecule has 0 aromatic heterocycles. The van der Waals surface area contributed by atoms with E-state index < -0.39 is 10.0 Å². The largest absolute Gasteiger partial charge is 0.327 e. The van der Waals surface area contributed by atoms with Gasteiger partial charge in [0, 0.05) is 19.6 Å². The fourth-order valence-corrected chi connectivity index (χ4v) is 3.55. The first-order chi connectivity index (χ1) is 9.17. The van der Waals surface area contributed by atoms with Gasteiger partial charge in [0.1, 0.15) is 4.90 Å².